The summed E-state index contributed by atoms with van der Waals surface area (Å²) in [5.41, 5.74) is 2.79. The highest BCUT2D eigenvalue weighted by atomic mass is 16.6. The maximum Gasteiger partial charge on any atom is 0.341 e. The van der Waals surface area contributed by atoms with E-state index in [-0.39, 0.29) is 11.3 Å². The number of nitro groups is 1. The minimum atomic E-state index is -1.11. The number of hydrogen-bond donors (Lipinski definition) is 2. The average Bonchev–Trinajstić information content (AvgIpc) is 2.83. The lowest BCUT2D eigenvalue weighted by atomic mass is 10.1. The van der Waals surface area contributed by atoms with Gasteiger partial charge in [-0.1, -0.05) is 49.4 Å². The highest BCUT2D eigenvalue weighted by Gasteiger charge is 2.23. The molecule has 0 fully saturated rings. The number of rotatable bonds is 9. The zero-order valence-electron chi connectivity index (χ0n) is 18.4. The zero-order valence-corrected chi connectivity index (χ0v) is 18.4. The van der Waals surface area contributed by atoms with E-state index in [9.17, 15) is 19.7 Å². The number of anilines is 2. The van der Waals surface area contributed by atoms with Crippen LogP contribution in [0.2, 0.25) is 0 Å². The molecular weight excluding hydrogens is 422 g/mol. The van der Waals surface area contributed by atoms with Crippen LogP contribution in [-0.2, 0) is 22.5 Å². The maximum atomic E-state index is 12.8. The summed E-state index contributed by atoms with van der Waals surface area (Å²) in [5.74, 6) is -1.34. The third kappa shape index (κ3) is 6.39. The van der Waals surface area contributed by atoms with Crippen LogP contribution in [0, 0.1) is 10.1 Å². The van der Waals surface area contributed by atoms with Crippen molar-refractivity contribution < 1.29 is 19.2 Å². The molecule has 1 atom stereocenters. The number of benzene rings is 3. The second kappa shape index (κ2) is 10.9. The first-order valence-corrected chi connectivity index (χ1v) is 10.5. The normalized spacial score (nSPS) is 11.3. The van der Waals surface area contributed by atoms with Gasteiger partial charge in [-0.2, -0.15) is 0 Å². The molecular formula is C25H25N3O5. The van der Waals surface area contributed by atoms with Crippen molar-refractivity contribution in [3.05, 3.63) is 99.6 Å². The molecule has 170 valence electrons. The van der Waals surface area contributed by atoms with Gasteiger partial charge in [0.15, 0.2) is 6.10 Å². The van der Waals surface area contributed by atoms with Crippen LogP contribution in [0.25, 0.3) is 0 Å². The summed E-state index contributed by atoms with van der Waals surface area (Å²) in [4.78, 5) is 36.0. The molecule has 1 amide bonds. The van der Waals surface area contributed by atoms with E-state index in [0.29, 0.717) is 17.9 Å². The number of nitro benzene ring substituents is 1. The lowest BCUT2D eigenvalue weighted by Crippen LogP contribution is -2.30. The van der Waals surface area contributed by atoms with Crippen molar-refractivity contribution in [3.63, 3.8) is 0 Å². The summed E-state index contributed by atoms with van der Waals surface area (Å²) in [6.07, 6.45) is -0.226. The summed E-state index contributed by atoms with van der Waals surface area (Å²) in [7, 11) is 0. The Hall–Kier alpha value is -4.20. The lowest BCUT2D eigenvalue weighted by Gasteiger charge is -2.16. The molecule has 0 radical (unpaired) electrons. The highest BCUT2D eigenvalue weighted by molar-refractivity contribution is 6.00. The Bertz CT molecular complexity index is 1130. The predicted octanol–water partition coefficient (Wildman–Crippen LogP) is 4.95. The molecule has 3 rings (SSSR count). The number of nitrogens with zero attached hydrogens (tertiary/aromatic N) is 1. The minimum absolute atomic E-state index is 0.0212. The van der Waals surface area contributed by atoms with Crippen LogP contribution in [0.4, 0.5) is 17.1 Å². The largest absolute Gasteiger partial charge is 0.449 e. The van der Waals surface area contributed by atoms with E-state index in [0.717, 1.165) is 23.6 Å². The molecule has 8 nitrogen and oxygen atoms in total. The molecule has 0 bridgehead atoms. The fourth-order valence-corrected chi connectivity index (χ4v) is 3.11. The molecule has 8 heteroatoms. The second-order valence-corrected chi connectivity index (χ2v) is 7.41. The van der Waals surface area contributed by atoms with Gasteiger partial charge in [0.1, 0.15) is 0 Å². The summed E-state index contributed by atoms with van der Waals surface area (Å²) in [6, 6.07) is 20.8. The van der Waals surface area contributed by atoms with Crippen molar-refractivity contribution in [1.29, 1.82) is 0 Å². The Morgan fingerprint density at radius 3 is 2.33 bits per heavy atom. The number of ether oxygens (including phenoxy) is 1. The van der Waals surface area contributed by atoms with Gasteiger partial charge >= 0.3 is 5.97 Å². The van der Waals surface area contributed by atoms with Crippen molar-refractivity contribution in [1.82, 2.24) is 0 Å². The Kier molecular flexibility index (Phi) is 7.75. The summed E-state index contributed by atoms with van der Waals surface area (Å²) >= 11 is 0. The monoisotopic (exact) mass is 447 g/mol. The fourth-order valence-electron chi connectivity index (χ4n) is 3.11. The van der Waals surface area contributed by atoms with E-state index in [4.69, 9.17) is 4.74 Å². The van der Waals surface area contributed by atoms with Gasteiger partial charge in [0.05, 0.1) is 10.5 Å². The molecule has 0 aliphatic carbocycles. The number of non-ortho nitro benzene ring substituents is 1. The van der Waals surface area contributed by atoms with E-state index in [1.807, 2.05) is 49.4 Å². The molecule has 33 heavy (non-hydrogen) atoms. The third-order valence-corrected chi connectivity index (χ3v) is 5.04. The highest BCUT2D eigenvalue weighted by Crippen LogP contribution is 2.24. The first kappa shape index (κ1) is 23.5. The fraction of sp³-hybridized carbons (Fsp3) is 0.200. The van der Waals surface area contributed by atoms with Crippen LogP contribution < -0.4 is 10.6 Å². The van der Waals surface area contributed by atoms with Gasteiger partial charge in [-0.3, -0.25) is 14.9 Å². The SMILES string of the molecule is CCc1ccc(NC(=O)[C@@H](C)OC(=O)c2cc([N+](=O)[O-])ccc2NCc2ccccc2)cc1. The minimum Gasteiger partial charge on any atom is -0.449 e. The van der Waals surface area contributed by atoms with Crippen LogP contribution in [0.5, 0.6) is 0 Å². The van der Waals surface area contributed by atoms with Crippen molar-refractivity contribution in [2.75, 3.05) is 10.6 Å². The van der Waals surface area contributed by atoms with Crippen molar-refractivity contribution in [2.24, 2.45) is 0 Å². The van der Waals surface area contributed by atoms with Crippen LogP contribution in [0.1, 0.15) is 35.3 Å². The Morgan fingerprint density at radius 2 is 1.70 bits per heavy atom. The number of carbonyl (C=O) groups excluding carboxylic acids is 2. The van der Waals surface area contributed by atoms with Gasteiger partial charge in [-0.05, 0) is 42.7 Å². The van der Waals surface area contributed by atoms with Gasteiger partial charge in [0.2, 0.25) is 0 Å². The van der Waals surface area contributed by atoms with Crippen LogP contribution in [-0.4, -0.2) is 22.9 Å². The Labute approximate surface area is 191 Å². The van der Waals surface area contributed by atoms with Gasteiger partial charge < -0.3 is 15.4 Å². The first-order chi connectivity index (χ1) is 15.9. The standard InChI is InChI=1S/C25H25N3O5/c1-3-18-9-11-20(12-10-18)27-24(29)17(2)33-25(30)22-15-21(28(31)32)13-14-23(22)26-16-19-7-5-4-6-8-19/h4-15,17,26H,3,16H2,1-2H3,(H,27,29)/t17-/m1/s1. The van der Waals surface area contributed by atoms with E-state index < -0.39 is 22.9 Å². The van der Waals surface area contributed by atoms with Crippen molar-refractivity contribution in [3.8, 4) is 0 Å². The molecule has 3 aromatic rings. The predicted molar refractivity (Wildman–Crippen MR) is 126 cm³/mol. The summed E-state index contributed by atoms with van der Waals surface area (Å²) in [5, 5.41) is 17.0. The Morgan fingerprint density at radius 1 is 1.00 bits per heavy atom. The third-order valence-electron chi connectivity index (χ3n) is 5.04. The van der Waals surface area contributed by atoms with E-state index >= 15 is 0 Å². The average molecular weight is 447 g/mol. The zero-order chi connectivity index (χ0) is 23.8. The van der Waals surface area contributed by atoms with Gasteiger partial charge in [0, 0.05) is 30.1 Å². The van der Waals surface area contributed by atoms with Crippen molar-refractivity contribution in [2.45, 2.75) is 32.9 Å². The molecule has 0 aliphatic heterocycles. The second-order valence-electron chi connectivity index (χ2n) is 7.41. The van der Waals surface area contributed by atoms with Crippen LogP contribution in [0.15, 0.2) is 72.8 Å². The number of amides is 1. The molecule has 3 aromatic carbocycles. The maximum absolute atomic E-state index is 12.8. The smallest absolute Gasteiger partial charge is 0.341 e. The molecule has 0 spiro atoms. The topological polar surface area (TPSA) is 111 Å². The number of aryl methyl sites for hydroxylation is 1. The lowest BCUT2D eigenvalue weighted by molar-refractivity contribution is -0.384. The molecule has 2 N–H and O–H groups in total. The van der Waals surface area contributed by atoms with Gasteiger partial charge in [0.25, 0.3) is 11.6 Å². The van der Waals surface area contributed by atoms with E-state index in [1.165, 1.54) is 19.1 Å². The first-order valence-electron chi connectivity index (χ1n) is 10.5. The molecule has 0 heterocycles. The van der Waals surface area contributed by atoms with Gasteiger partial charge in [-0.15, -0.1) is 0 Å². The van der Waals surface area contributed by atoms with Crippen LogP contribution in [0.3, 0.4) is 0 Å². The number of esters is 1. The molecule has 0 aliphatic rings. The quantitative estimate of drug-likeness (QED) is 0.273. The number of hydrogen-bond acceptors (Lipinski definition) is 6. The van der Waals surface area contributed by atoms with Crippen molar-refractivity contribution >= 4 is 28.9 Å². The van der Waals surface area contributed by atoms with E-state index in [1.54, 1.807) is 12.1 Å². The number of nitrogens with one attached hydrogen (secondary N) is 2. The van der Waals surface area contributed by atoms with Gasteiger partial charge in [-0.25, -0.2) is 4.79 Å². The van der Waals surface area contributed by atoms with E-state index in [2.05, 4.69) is 10.6 Å². The molecule has 0 unspecified atom stereocenters. The Balaban J connectivity index is 1.72. The molecule has 0 aromatic heterocycles. The molecule has 0 saturated heterocycles. The summed E-state index contributed by atoms with van der Waals surface area (Å²) < 4.78 is 5.33. The van der Waals surface area contributed by atoms with Crippen LogP contribution >= 0.6 is 0 Å². The number of carbonyl (C=O) groups is 2. The summed E-state index contributed by atoms with van der Waals surface area (Å²) in [6.45, 7) is 3.89. The molecule has 0 saturated carbocycles.